The van der Waals surface area contributed by atoms with Crippen molar-refractivity contribution in [3.63, 3.8) is 0 Å². The van der Waals surface area contributed by atoms with Crippen LogP contribution in [0.3, 0.4) is 0 Å². The Labute approximate surface area is 96.1 Å². The molecule has 0 spiro atoms. The number of hydrogen-bond acceptors (Lipinski definition) is 2. The van der Waals surface area contributed by atoms with Crippen LogP contribution in [0.4, 0.5) is 0 Å². The molecule has 16 heavy (non-hydrogen) atoms. The molecule has 1 aromatic rings. The number of hydrogen-bond donors (Lipinski definition) is 2. The highest BCUT2D eigenvalue weighted by Gasteiger charge is 2.20. The molecular weight excluding hydrogens is 198 g/mol. The van der Waals surface area contributed by atoms with Gasteiger partial charge in [-0.25, -0.2) is 0 Å². The molecule has 1 atom stereocenters. The Kier molecular flexibility index (Phi) is 3.00. The zero-order valence-electron chi connectivity index (χ0n) is 9.48. The second kappa shape index (κ2) is 4.44. The maximum Gasteiger partial charge on any atom is 0.102 e. The van der Waals surface area contributed by atoms with Gasteiger partial charge in [-0.1, -0.05) is 37.3 Å². The van der Waals surface area contributed by atoms with Crippen LogP contribution in [-0.2, 0) is 6.42 Å². The van der Waals surface area contributed by atoms with Crippen molar-refractivity contribution in [3.05, 3.63) is 59.0 Å². The zero-order chi connectivity index (χ0) is 11.5. The Morgan fingerprint density at radius 3 is 2.81 bits per heavy atom. The van der Waals surface area contributed by atoms with Crippen molar-refractivity contribution < 1.29 is 5.11 Å². The van der Waals surface area contributed by atoms with E-state index in [2.05, 4.69) is 19.1 Å². The van der Waals surface area contributed by atoms with Gasteiger partial charge in [-0.2, -0.15) is 0 Å². The minimum absolute atomic E-state index is 0.0726. The van der Waals surface area contributed by atoms with Crippen LogP contribution < -0.4 is 5.73 Å². The molecule has 0 saturated carbocycles. The van der Waals surface area contributed by atoms with Crippen LogP contribution in [0, 0.1) is 0 Å². The maximum absolute atomic E-state index is 9.95. The van der Waals surface area contributed by atoms with E-state index < -0.39 is 0 Å². The summed E-state index contributed by atoms with van der Waals surface area (Å²) in [6, 6.07) is 8.26. The average Bonchev–Trinajstić information content (AvgIpc) is 2.29. The van der Waals surface area contributed by atoms with E-state index in [1.165, 1.54) is 11.1 Å². The summed E-state index contributed by atoms with van der Waals surface area (Å²) in [5.41, 5.74) is 8.82. The molecule has 0 aromatic heterocycles. The fourth-order valence-electron chi connectivity index (χ4n) is 2.19. The molecule has 1 aliphatic carbocycles. The number of nitrogens with two attached hydrogens (primary N) is 1. The highest BCUT2D eigenvalue weighted by Crippen LogP contribution is 2.32. The molecular formula is C14H17NO. The first-order valence-corrected chi connectivity index (χ1v) is 5.66. The van der Waals surface area contributed by atoms with Gasteiger partial charge in [-0.15, -0.1) is 0 Å². The molecule has 1 aliphatic rings. The van der Waals surface area contributed by atoms with Gasteiger partial charge in [0.1, 0.15) is 5.76 Å². The monoisotopic (exact) mass is 215 g/mol. The molecule has 2 nitrogen and oxygen atoms in total. The van der Waals surface area contributed by atoms with E-state index >= 15 is 0 Å². The predicted molar refractivity (Wildman–Crippen MR) is 66.2 cm³/mol. The van der Waals surface area contributed by atoms with Crippen LogP contribution in [-0.4, -0.2) is 5.11 Å². The van der Waals surface area contributed by atoms with Gasteiger partial charge < -0.3 is 10.8 Å². The van der Waals surface area contributed by atoms with Crippen molar-refractivity contribution >= 4 is 0 Å². The van der Waals surface area contributed by atoms with E-state index in [1.807, 2.05) is 18.2 Å². The fraction of sp³-hybridized carbons (Fsp3) is 0.286. The Morgan fingerprint density at radius 1 is 1.38 bits per heavy atom. The maximum atomic E-state index is 9.95. The van der Waals surface area contributed by atoms with Crippen molar-refractivity contribution in [2.24, 2.45) is 5.73 Å². The Balaban J connectivity index is 2.36. The second-order valence-corrected chi connectivity index (χ2v) is 4.11. The predicted octanol–water partition coefficient (Wildman–Crippen LogP) is 3.02. The first-order chi connectivity index (χ1) is 7.72. The van der Waals surface area contributed by atoms with Crippen molar-refractivity contribution in [3.8, 4) is 0 Å². The largest absolute Gasteiger partial charge is 0.512 e. The topological polar surface area (TPSA) is 46.2 Å². The lowest BCUT2D eigenvalue weighted by Crippen LogP contribution is -2.11. The van der Waals surface area contributed by atoms with Gasteiger partial charge in [0, 0.05) is 11.6 Å². The summed E-state index contributed by atoms with van der Waals surface area (Å²) in [7, 11) is 0. The van der Waals surface area contributed by atoms with Gasteiger partial charge in [0.05, 0.1) is 0 Å². The zero-order valence-corrected chi connectivity index (χ0v) is 9.48. The quantitative estimate of drug-likeness (QED) is 0.796. The summed E-state index contributed by atoms with van der Waals surface area (Å²) in [6.45, 7) is 2.13. The number of aliphatic hydroxyl groups is 1. The van der Waals surface area contributed by atoms with Crippen LogP contribution in [0.2, 0.25) is 0 Å². The van der Waals surface area contributed by atoms with Gasteiger partial charge >= 0.3 is 0 Å². The molecule has 0 aliphatic heterocycles. The van der Waals surface area contributed by atoms with E-state index in [9.17, 15) is 5.11 Å². The van der Waals surface area contributed by atoms with E-state index in [0.29, 0.717) is 11.5 Å². The molecule has 3 N–H and O–H groups in total. The molecule has 84 valence electrons. The minimum atomic E-state index is 0.0726. The van der Waals surface area contributed by atoms with Crippen LogP contribution in [0.5, 0.6) is 0 Å². The summed E-state index contributed by atoms with van der Waals surface area (Å²) < 4.78 is 0. The summed E-state index contributed by atoms with van der Waals surface area (Å²) in [4.78, 5) is 0. The molecule has 2 heteroatoms. The van der Waals surface area contributed by atoms with E-state index in [-0.39, 0.29) is 5.92 Å². The minimum Gasteiger partial charge on any atom is -0.512 e. The van der Waals surface area contributed by atoms with Crippen molar-refractivity contribution in [1.29, 1.82) is 0 Å². The third kappa shape index (κ3) is 1.96. The van der Waals surface area contributed by atoms with E-state index in [4.69, 9.17) is 5.73 Å². The van der Waals surface area contributed by atoms with Crippen LogP contribution in [0.25, 0.3) is 0 Å². The number of aliphatic hydroxyl groups excluding tert-OH is 1. The van der Waals surface area contributed by atoms with E-state index in [1.54, 1.807) is 6.08 Å². The molecule has 0 saturated heterocycles. The van der Waals surface area contributed by atoms with E-state index in [0.717, 1.165) is 12.8 Å². The molecule has 0 amide bonds. The fourth-order valence-corrected chi connectivity index (χ4v) is 2.19. The standard InChI is InChI=1S/C14H17NO/c1-2-10-5-3-4-6-12(10)13-8-7-11(15)9-14(13)16/h3-7,9,13,16H,2,8,15H2,1H3. The SMILES string of the molecule is CCc1ccccc1C1CC=C(N)C=C1O. The summed E-state index contributed by atoms with van der Waals surface area (Å²) in [5, 5.41) is 9.95. The molecule has 0 radical (unpaired) electrons. The Hall–Kier alpha value is -1.70. The highest BCUT2D eigenvalue weighted by molar-refractivity contribution is 5.39. The summed E-state index contributed by atoms with van der Waals surface area (Å²) >= 11 is 0. The van der Waals surface area contributed by atoms with Gasteiger partial charge in [0.15, 0.2) is 0 Å². The van der Waals surface area contributed by atoms with Crippen molar-refractivity contribution in [1.82, 2.24) is 0 Å². The first-order valence-electron chi connectivity index (χ1n) is 5.66. The molecule has 0 bridgehead atoms. The normalized spacial score (nSPS) is 20.2. The van der Waals surface area contributed by atoms with Crippen molar-refractivity contribution in [2.45, 2.75) is 25.7 Å². The number of benzene rings is 1. The smallest absolute Gasteiger partial charge is 0.102 e. The third-order valence-corrected chi connectivity index (χ3v) is 3.07. The van der Waals surface area contributed by atoms with Crippen LogP contribution in [0.15, 0.2) is 47.9 Å². The van der Waals surface area contributed by atoms with Gasteiger partial charge in [-0.05, 0) is 30.0 Å². The lowest BCUT2D eigenvalue weighted by molar-refractivity contribution is 0.363. The first kappa shape index (κ1) is 10.8. The second-order valence-electron chi connectivity index (χ2n) is 4.11. The lowest BCUT2D eigenvalue weighted by atomic mass is 9.86. The van der Waals surface area contributed by atoms with Crippen molar-refractivity contribution in [2.75, 3.05) is 0 Å². The number of aryl methyl sites for hydroxylation is 1. The van der Waals surface area contributed by atoms with Gasteiger partial charge in [0.25, 0.3) is 0 Å². The van der Waals surface area contributed by atoms with Gasteiger partial charge in [0.2, 0.25) is 0 Å². The molecule has 0 heterocycles. The third-order valence-electron chi connectivity index (χ3n) is 3.07. The summed E-state index contributed by atoms with van der Waals surface area (Å²) in [5.74, 6) is 0.448. The number of allylic oxidation sites excluding steroid dienone is 3. The van der Waals surface area contributed by atoms with Crippen LogP contribution >= 0.6 is 0 Å². The molecule has 0 fully saturated rings. The lowest BCUT2D eigenvalue weighted by Gasteiger charge is -2.21. The highest BCUT2D eigenvalue weighted by atomic mass is 16.3. The summed E-state index contributed by atoms with van der Waals surface area (Å²) in [6.07, 6.45) is 5.39. The van der Waals surface area contributed by atoms with Crippen LogP contribution in [0.1, 0.15) is 30.4 Å². The average molecular weight is 215 g/mol. The molecule has 2 rings (SSSR count). The Morgan fingerprint density at radius 2 is 2.12 bits per heavy atom. The molecule has 1 aromatic carbocycles. The number of rotatable bonds is 2. The van der Waals surface area contributed by atoms with Gasteiger partial charge in [-0.3, -0.25) is 0 Å². The Bertz CT molecular complexity index is 446. The molecule has 1 unspecified atom stereocenters.